The quantitative estimate of drug-likeness (QED) is 0.629. The van der Waals surface area contributed by atoms with Crippen molar-refractivity contribution < 1.29 is 0 Å². The second-order valence-electron chi connectivity index (χ2n) is 7.77. The highest BCUT2D eigenvalue weighted by Gasteiger charge is 2.34. The molecule has 2 unspecified atom stereocenters. The van der Waals surface area contributed by atoms with Gasteiger partial charge in [-0.15, -0.1) is 0 Å². The lowest BCUT2D eigenvalue weighted by atomic mass is 9.88. The number of rotatable bonds is 6. The number of hydrogen-bond donors (Lipinski definition) is 0. The summed E-state index contributed by atoms with van der Waals surface area (Å²) in [5, 5.41) is 0. The van der Waals surface area contributed by atoms with E-state index in [9.17, 15) is 0 Å². The number of aryl methyl sites for hydroxylation is 3. The lowest BCUT2D eigenvalue weighted by Gasteiger charge is -2.42. The summed E-state index contributed by atoms with van der Waals surface area (Å²) in [4.78, 5) is 16.4. The van der Waals surface area contributed by atoms with Crippen molar-refractivity contribution in [2.45, 2.75) is 58.2 Å². The Labute approximate surface area is 167 Å². The van der Waals surface area contributed by atoms with E-state index in [4.69, 9.17) is 9.97 Å². The number of imidazole rings is 1. The number of likely N-dealkylation sites (tertiary alicyclic amines) is 1. The van der Waals surface area contributed by atoms with Crippen molar-refractivity contribution >= 4 is 0 Å². The van der Waals surface area contributed by atoms with Gasteiger partial charge in [0.1, 0.15) is 0 Å². The number of pyridine rings is 2. The molecule has 1 aliphatic heterocycles. The smallest absolute Gasteiger partial charge is 0.0945 e. The maximum atomic E-state index is 4.78. The Balaban J connectivity index is 1.62. The molecule has 0 spiro atoms. The van der Waals surface area contributed by atoms with Crippen molar-refractivity contribution in [3.8, 4) is 0 Å². The maximum Gasteiger partial charge on any atom is 0.0945 e. The minimum Gasteiger partial charge on any atom is -0.337 e. The zero-order valence-electron chi connectivity index (χ0n) is 16.8. The van der Waals surface area contributed by atoms with Gasteiger partial charge in [-0.05, 0) is 62.8 Å². The Morgan fingerprint density at radius 3 is 2.07 bits per heavy atom. The van der Waals surface area contributed by atoms with Crippen LogP contribution in [0.25, 0.3) is 0 Å². The molecule has 1 fully saturated rings. The van der Waals surface area contributed by atoms with Crippen molar-refractivity contribution in [1.29, 1.82) is 0 Å². The monoisotopic (exact) mass is 375 g/mol. The largest absolute Gasteiger partial charge is 0.337 e. The standard InChI is InChI=1S/C23H29N5/c1-18-7-4-11-25-22(18)20-9-3-10-21(23-19(2)8-5-12-26-23)28(20)15-6-14-27-16-13-24-17-27/h4-5,7-8,11-13,16-17,20-21H,3,6,9-10,14-15H2,1-2H3. The van der Waals surface area contributed by atoms with Crippen LogP contribution >= 0.6 is 0 Å². The fraction of sp³-hybridized carbons (Fsp3) is 0.435. The molecule has 0 amide bonds. The van der Waals surface area contributed by atoms with E-state index < -0.39 is 0 Å². The van der Waals surface area contributed by atoms with Gasteiger partial charge in [0.25, 0.3) is 0 Å². The molecule has 5 heteroatoms. The van der Waals surface area contributed by atoms with Gasteiger partial charge in [-0.1, -0.05) is 12.1 Å². The Kier molecular flexibility index (Phi) is 5.81. The van der Waals surface area contributed by atoms with Gasteiger partial charge < -0.3 is 4.57 Å². The van der Waals surface area contributed by atoms with E-state index in [1.165, 1.54) is 28.9 Å². The summed E-state index contributed by atoms with van der Waals surface area (Å²) in [5.74, 6) is 0. The molecule has 4 rings (SSSR count). The summed E-state index contributed by atoms with van der Waals surface area (Å²) in [5.41, 5.74) is 5.02. The first kappa shape index (κ1) is 18.8. The summed E-state index contributed by atoms with van der Waals surface area (Å²) >= 11 is 0. The lowest BCUT2D eigenvalue weighted by molar-refractivity contribution is 0.0735. The first-order valence-electron chi connectivity index (χ1n) is 10.3. The van der Waals surface area contributed by atoms with Crippen molar-refractivity contribution in [2.75, 3.05) is 6.54 Å². The molecule has 0 bridgehead atoms. The first-order valence-corrected chi connectivity index (χ1v) is 10.3. The van der Waals surface area contributed by atoms with Gasteiger partial charge in [0.05, 0.1) is 29.8 Å². The topological polar surface area (TPSA) is 46.8 Å². The second kappa shape index (κ2) is 8.65. The highest BCUT2D eigenvalue weighted by atomic mass is 15.2. The minimum absolute atomic E-state index is 0.351. The van der Waals surface area contributed by atoms with Gasteiger partial charge in [0.2, 0.25) is 0 Å². The fourth-order valence-electron chi connectivity index (χ4n) is 4.50. The van der Waals surface area contributed by atoms with Crippen LogP contribution in [0, 0.1) is 13.8 Å². The van der Waals surface area contributed by atoms with E-state index in [1.54, 1.807) is 0 Å². The summed E-state index contributed by atoms with van der Waals surface area (Å²) in [6.45, 7) is 6.38. The predicted molar refractivity (Wildman–Crippen MR) is 111 cm³/mol. The van der Waals surface area contributed by atoms with Crippen LogP contribution in [-0.2, 0) is 6.54 Å². The Morgan fingerprint density at radius 1 is 0.893 bits per heavy atom. The van der Waals surface area contributed by atoms with Crippen LogP contribution < -0.4 is 0 Å². The predicted octanol–water partition coefficient (Wildman–Crippen LogP) is 4.65. The van der Waals surface area contributed by atoms with Gasteiger partial charge in [-0.25, -0.2) is 4.98 Å². The molecule has 5 nitrogen and oxygen atoms in total. The average molecular weight is 376 g/mol. The van der Waals surface area contributed by atoms with Crippen LogP contribution in [0.2, 0.25) is 0 Å². The zero-order valence-corrected chi connectivity index (χ0v) is 16.8. The van der Waals surface area contributed by atoms with Gasteiger partial charge >= 0.3 is 0 Å². The summed E-state index contributed by atoms with van der Waals surface area (Å²) in [6, 6.07) is 9.13. The normalized spacial score (nSPS) is 20.4. The maximum absolute atomic E-state index is 4.78. The number of piperidine rings is 1. The van der Waals surface area contributed by atoms with E-state index in [0.29, 0.717) is 12.1 Å². The van der Waals surface area contributed by atoms with Crippen molar-refractivity contribution in [3.63, 3.8) is 0 Å². The Hall–Kier alpha value is -2.53. The van der Waals surface area contributed by atoms with Crippen LogP contribution in [0.3, 0.4) is 0 Å². The average Bonchev–Trinajstić information content (AvgIpc) is 3.23. The zero-order chi connectivity index (χ0) is 19.3. The third-order valence-corrected chi connectivity index (χ3v) is 5.88. The van der Waals surface area contributed by atoms with Crippen LogP contribution in [0.4, 0.5) is 0 Å². The van der Waals surface area contributed by atoms with Crippen LogP contribution in [0.15, 0.2) is 55.4 Å². The van der Waals surface area contributed by atoms with Crippen molar-refractivity contribution in [1.82, 2.24) is 24.4 Å². The highest BCUT2D eigenvalue weighted by molar-refractivity contribution is 5.25. The molecule has 0 saturated carbocycles. The van der Waals surface area contributed by atoms with Crippen LogP contribution in [-0.4, -0.2) is 31.0 Å². The summed E-state index contributed by atoms with van der Waals surface area (Å²) in [7, 11) is 0. The molecule has 4 heterocycles. The molecular weight excluding hydrogens is 346 g/mol. The Morgan fingerprint density at radius 2 is 1.54 bits per heavy atom. The molecule has 3 aromatic rings. The van der Waals surface area contributed by atoms with Gasteiger partial charge in [-0.3, -0.25) is 14.9 Å². The molecule has 1 saturated heterocycles. The van der Waals surface area contributed by atoms with Crippen molar-refractivity contribution in [2.24, 2.45) is 0 Å². The molecule has 2 atom stereocenters. The minimum atomic E-state index is 0.351. The number of nitrogens with zero attached hydrogens (tertiary/aromatic N) is 5. The molecule has 146 valence electrons. The fourth-order valence-corrected chi connectivity index (χ4v) is 4.50. The van der Waals surface area contributed by atoms with E-state index in [0.717, 1.165) is 32.4 Å². The molecule has 28 heavy (non-hydrogen) atoms. The number of hydrogen-bond acceptors (Lipinski definition) is 4. The Bertz CT molecular complexity index is 836. The molecule has 3 aromatic heterocycles. The SMILES string of the molecule is Cc1cccnc1C1CCCC(c2ncccc2C)N1CCCn1ccnc1. The lowest BCUT2D eigenvalue weighted by Crippen LogP contribution is -2.38. The molecule has 0 aliphatic carbocycles. The third-order valence-electron chi connectivity index (χ3n) is 5.88. The van der Waals surface area contributed by atoms with Gasteiger partial charge in [0, 0.05) is 37.9 Å². The van der Waals surface area contributed by atoms with Crippen LogP contribution in [0.5, 0.6) is 0 Å². The van der Waals surface area contributed by atoms with Crippen LogP contribution in [0.1, 0.15) is 60.3 Å². The van der Waals surface area contributed by atoms with E-state index >= 15 is 0 Å². The van der Waals surface area contributed by atoms with E-state index in [-0.39, 0.29) is 0 Å². The van der Waals surface area contributed by atoms with E-state index in [2.05, 4.69) is 40.4 Å². The summed E-state index contributed by atoms with van der Waals surface area (Å²) < 4.78 is 2.16. The molecule has 0 radical (unpaired) electrons. The second-order valence-corrected chi connectivity index (χ2v) is 7.77. The molecular formula is C23H29N5. The molecule has 0 aromatic carbocycles. The van der Waals surface area contributed by atoms with Gasteiger partial charge in [0.15, 0.2) is 0 Å². The molecule has 0 N–H and O–H groups in total. The first-order chi connectivity index (χ1) is 13.7. The molecule has 1 aliphatic rings. The van der Waals surface area contributed by atoms with Gasteiger partial charge in [-0.2, -0.15) is 0 Å². The number of aromatic nitrogens is 4. The highest BCUT2D eigenvalue weighted by Crippen LogP contribution is 2.42. The van der Waals surface area contributed by atoms with E-state index in [1.807, 2.05) is 43.2 Å². The summed E-state index contributed by atoms with van der Waals surface area (Å²) in [6.07, 6.45) is 14.3. The van der Waals surface area contributed by atoms with Crippen molar-refractivity contribution in [3.05, 3.63) is 77.9 Å². The third kappa shape index (κ3) is 3.99.